The summed E-state index contributed by atoms with van der Waals surface area (Å²) >= 11 is 7.61. The number of halogens is 1. The van der Waals surface area contributed by atoms with Crippen molar-refractivity contribution in [3.63, 3.8) is 0 Å². The largest absolute Gasteiger partial charge is 0.360 e. The van der Waals surface area contributed by atoms with Gasteiger partial charge in [0.1, 0.15) is 0 Å². The second kappa shape index (κ2) is 5.35. The Morgan fingerprint density at radius 3 is 2.60 bits per heavy atom. The Morgan fingerprint density at radius 1 is 1.15 bits per heavy atom. The van der Waals surface area contributed by atoms with Crippen LogP contribution in [0.2, 0.25) is 5.02 Å². The Morgan fingerprint density at radius 2 is 1.90 bits per heavy atom. The molecule has 0 radical (unpaired) electrons. The minimum Gasteiger partial charge on any atom is -0.360 e. The minimum absolute atomic E-state index is 0.0197. The molecule has 20 heavy (non-hydrogen) atoms. The van der Waals surface area contributed by atoms with Crippen LogP contribution in [-0.2, 0) is 0 Å². The van der Waals surface area contributed by atoms with E-state index in [0.717, 1.165) is 15.8 Å². The van der Waals surface area contributed by atoms with Gasteiger partial charge in [-0.1, -0.05) is 17.7 Å². The lowest BCUT2D eigenvalue weighted by atomic mass is 10.0. The van der Waals surface area contributed by atoms with Gasteiger partial charge in [0, 0.05) is 38.1 Å². The van der Waals surface area contributed by atoms with Crippen molar-refractivity contribution in [2.75, 3.05) is 6.26 Å². The molecule has 1 heterocycles. The number of carbonyl (C=O) groups is 1. The third-order valence-electron chi connectivity index (χ3n) is 3.24. The van der Waals surface area contributed by atoms with E-state index in [1.165, 1.54) is 0 Å². The number of thioether (sulfide) groups is 1. The van der Waals surface area contributed by atoms with E-state index in [4.69, 9.17) is 11.6 Å². The highest BCUT2D eigenvalue weighted by Gasteiger charge is 2.14. The average Bonchev–Trinajstić information content (AvgIpc) is 2.89. The maximum atomic E-state index is 12.5. The fourth-order valence-electron chi connectivity index (χ4n) is 2.18. The van der Waals surface area contributed by atoms with Gasteiger partial charge in [0.2, 0.25) is 0 Å². The number of fused-ring (bicyclic) bond motifs is 1. The van der Waals surface area contributed by atoms with Crippen molar-refractivity contribution in [3.05, 3.63) is 64.8 Å². The van der Waals surface area contributed by atoms with E-state index in [1.807, 2.05) is 42.7 Å². The molecule has 1 aromatic heterocycles. The topological polar surface area (TPSA) is 32.9 Å². The molecule has 1 N–H and O–H groups in total. The molecule has 2 nitrogen and oxygen atoms in total. The van der Waals surface area contributed by atoms with Crippen LogP contribution in [0.15, 0.2) is 53.6 Å². The molecule has 3 rings (SSSR count). The molecule has 0 saturated heterocycles. The Bertz CT molecular complexity index is 777. The van der Waals surface area contributed by atoms with E-state index in [-0.39, 0.29) is 5.78 Å². The summed E-state index contributed by atoms with van der Waals surface area (Å²) in [5.41, 5.74) is 2.24. The van der Waals surface area contributed by atoms with Gasteiger partial charge in [0.05, 0.1) is 0 Å². The normalized spacial score (nSPS) is 10.9. The molecule has 3 aromatic rings. The monoisotopic (exact) mass is 301 g/mol. The average molecular weight is 302 g/mol. The molecule has 100 valence electrons. The zero-order chi connectivity index (χ0) is 14.1. The van der Waals surface area contributed by atoms with Gasteiger partial charge in [-0.15, -0.1) is 11.8 Å². The smallest absolute Gasteiger partial charge is 0.195 e. The van der Waals surface area contributed by atoms with E-state index in [2.05, 4.69) is 4.98 Å². The highest BCUT2D eigenvalue weighted by Crippen LogP contribution is 2.24. The molecule has 2 aromatic carbocycles. The molecule has 0 atom stereocenters. The third-order valence-corrected chi connectivity index (χ3v) is 4.22. The predicted molar refractivity (Wildman–Crippen MR) is 85.0 cm³/mol. The number of ketones is 1. The number of hydrogen-bond donors (Lipinski definition) is 1. The van der Waals surface area contributed by atoms with E-state index in [9.17, 15) is 4.79 Å². The molecule has 0 amide bonds. The van der Waals surface area contributed by atoms with Gasteiger partial charge in [-0.25, -0.2) is 0 Å². The van der Waals surface area contributed by atoms with Crippen molar-refractivity contribution < 1.29 is 4.79 Å². The second-order valence-corrected chi connectivity index (χ2v) is 5.77. The summed E-state index contributed by atoms with van der Waals surface area (Å²) in [7, 11) is 0. The maximum absolute atomic E-state index is 12.5. The highest BCUT2D eigenvalue weighted by atomic mass is 35.5. The van der Waals surface area contributed by atoms with E-state index in [1.54, 1.807) is 24.0 Å². The molecule has 0 spiro atoms. The van der Waals surface area contributed by atoms with Gasteiger partial charge in [-0.3, -0.25) is 4.79 Å². The summed E-state index contributed by atoms with van der Waals surface area (Å²) in [5, 5.41) is 1.55. The van der Waals surface area contributed by atoms with Crippen molar-refractivity contribution in [2.24, 2.45) is 0 Å². The summed E-state index contributed by atoms with van der Waals surface area (Å²) in [5.74, 6) is 0.0197. The summed E-state index contributed by atoms with van der Waals surface area (Å²) < 4.78 is 0. The number of H-pyrrole nitrogens is 1. The zero-order valence-electron chi connectivity index (χ0n) is 10.8. The van der Waals surface area contributed by atoms with Crippen LogP contribution in [-0.4, -0.2) is 17.0 Å². The lowest BCUT2D eigenvalue weighted by Gasteiger charge is -2.01. The van der Waals surface area contributed by atoms with Crippen LogP contribution in [0, 0.1) is 0 Å². The summed E-state index contributed by atoms with van der Waals surface area (Å²) in [6, 6.07) is 13.1. The fourth-order valence-corrected chi connectivity index (χ4v) is 2.76. The van der Waals surface area contributed by atoms with Gasteiger partial charge in [-0.2, -0.15) is 0 Å². The number of benzene rings is 2. The summed E-state index contributed by atoms with van der Waals surface area (Å²) in [4.78, 5) is 16.8. The van der Waals surface area contributed by atoms with Gasteiger partial charge in [0.15, 0.2) is 5.78 Å². The Hall–Kier alpha value is -1.71. The third kappa shape index (κ3) is 2.35. The van der Waals surface area contributed by atoms with Crippen molar-refractivity contribution in [2.45, 2.75) is 4.90 Å². The van der Waals surface area contributed by atoms with E-state index < -0.39 is 0 Å². The van der Waals surface area contributed by atoms with Crippen LogP contribution in [0.4, 0.5) is 0 Å². The highest BCUT2D eigenvalue weighted by molar-refractivity contribution is 7.98. The standard InChI is InChI=1S/C16H12ClNOS/c1-20-12-5-2-10(3-6-12)16(19)14-9-18-15-8-11(17)4-7-13(14)15/h2-9,18H,1H3. The van der Waals surface area contributed by atoms with Crippen molar-refractivity contribution in [1.82, 2.24) is 4.98 Å². The van der Waals surface area contributed by atoms with Gasteiger partial charge in [-0.05, 0) is 42.7 Å². The molecule has 0 aliphatic carbocycles. The lowest BCUT2D eigenvalue weighted by Crippen LogP contribution is -1.99. The molecule has 4 heteroatoms. The SMILES string of the molecule is CSc1ccc(C(=O)c2c[nH]c3cc(Cl)ccc23)cc1. The molecular formula is C16H12ClNOS. The number of nitrogens with one attached hydrogen (secondary N) is 1. The molecular weight excluding hydrogens is 290 g/mol. The molecule has 0 bridgehead atoms. The molecule has 0 aliphatic rings. The molecule has 0 aliphatic heterocycles. The first-order chi connectivity index (χ1) is 9.69. The molecule has 0 fully saturated rings. The minimum atomic E-state index is 0.0197. The van der Waals surface area contributed by atoms with E-state index in [0.29, 0.717) is 16.1 Å². The van der Waals surface area contributed by atoms with Crippen molar-refractivity contribution in [3.8, 4) is 0 Å². The quantitative estimate of drug-likeness (QED) is 0.558. The second-order valence-electron chi connectivity index (χ2n) is 4.45. The lowest BCUT2D eigenvalue weighted by molar-refractivity contribution is 0.104. The molecule has 0 unspecified atom stereocenters. The van der Waals surface area contributed by atoms with Crippen LogP contribution in [0.1, 0.15) is 15.9 Å². The Balaban J connectivity index is 2.03. The number of aromatic amines is 1. The first kappa shape index (κ1) is 13.3. The summed E-state index contributed by atoms with van der Waals surface area (Å²) in [6.07, 6.45) is 3.76. The van der Waals surface area contributed by atoms with Gasteiger partial charge in [0.25, 0.3) is 0 Å². The summed E-state index contributed by atoms with van der Waals surface area (Å²) in [6.45, 7) is 0. The number of carbonyl (C=O) groups excluding carboxylic acids is 1. The number of aromatic nitrogens is 1. The Labute approximate surface area is 126 Å². The van der Waals surface area contributed by atoms with E-state index >= 15 is 0 Å². The maximum Gasteiger partial charge on any atom is 0.195 e. The van der Waals surface area contributed by atoms with Gasteiger partial charge >= 0.3 is 0 Å². The fraction of sp³-hybridized carbons (Fsp3) is 0.0625. The predicted octanol–water partition coefficient (Wildman–Crippen LogP) is 4.77. The van der Waals surface area contributed by atoms with Crippen LogP contribution in [0.25, 0.3) is 10.9 Å². The number of hydrogen-bond acceptors (Lipinski definition) is 2. The Kier molecular flexibility index (Phi) is 3.55. The van der Waals surface area contributed by atoms with Crippen LogP contribution in [0.3, 0.4) is 0 Å². The first-order valence-corrected chi connectivity index (χ1v) is 7.74. The van der Waals surface area contributed by atoms with Crippen molar-refractivity contribution in [1.29, 1.82) is 0 Å². The zero-order valence-corrected chi connectivity index (χ0v) is 12.4. The van der Waals surface area contributed by atoms with Crippen LogP contribution in [0.5, 0.6) is 0 Å². The first-order valence-electron chi connectivity index (χ1n) is 6.14. The van der Waals surface area contributed by atoms with Gasteiger partial charge < -0.3 is 4.98 Å². The van der Waals surface area contributed by atoms with Crippen LogP contribution >= 0.6 is 23.4 Å². The molecule has 0 saturated carbocycles. The number of rotatable bonds is 3. The van der Waals surface area contributed by atoms with Crippen molar-refractivity contribution >= 4 is 40.0 Å². The van der Waals surface area contributed by atoms with Crippen LogP contribution < -0.4 is 0 Å².